The maximum absolute atomic E-state index is 11.3. The van der Waals surface area contributed by atoms with Crippen molar-refractivity contribution in [2.45, 2.75) is 39.0 Å². The Bertz CT molecular complexity index is 247. The minimum absolute atomic E-state index is 0.100. The van der Waals surface area contributed by atoms with Crippen LogP contribution < -0.4 is 0 Å². The molecule has 72 valence electrons. The van der Waals surface area contributed by atoms with Gasteiger partial charge in [0.15, 0.2) is 0 Å². The van der Waals surface area contributed by atoms with Crippen LogP contribution >= 0.6 is 0 Å². The van der Waals surface area contributed by atoms with Crippen LogP contribution in [-0.4, -0.2) is 11.9 Å². The second-order valence-corrected chi connectivity index (χ2v) is 4.12. The minimum Gasteiger partial charge on any atom is -0.393 e. The lowest BCUT2D eigenvalue weighted by Gasteiger charge is -2.44. The summed E-state index contributed by atoms with van der Waals surface area (Å²) in [7, 11) is 0. The Morgan fingerprint density at radius 3 is 2.46 bits per heavy atom. The van der Waals surface area contributed by atoms with Gasteiger partial charge in [-0.3, -0.25) is 9.59 Å². The standard InChI is InChI=1S/C10H14O3/c1-2-10(4-3-5-10)7-6-8(11)13-9(7)12/h7H,2-6H2,1H3. The number of hydrogen-bond donors (Lipinski definition) is 0. The molecule has 1 unspecified atom stereocenters. The zero-order valence-electron chi connectivity index (χ0n) is 7.84. The molecule has 1 saturated heterocycles. The Balaban J connectivity index is 2.15. The highest BCUT2D eigenvalue weighted by Gasteiger charge is 2.51. The summed E-state index contributed by atoms with van der Waals surface area (Å²) in [5.41, 5.74) is 0.100. The van der Waals surface area contributed by atoms with Crippen LogP contribution in [0.3, 0.4) is 0 Å². The van der Waals surface area contributed by atoms with Crippen LogP contribution in [0.15, 0.2) is 0 Å². The van der Waals surface area contributed by atoms with E-state index >= 15 is 0 Å². The number of cyclic esters (lactones) is 2. The van der Waals surface area contributed by atoms with Crippen molar-refractivity contribution in [2.75, 3.05) is 0 Å². The van der Waals surface area contributed by atoms with Crippen molar-refractivity contribution in [1.82, 2.24) is 0 Å². The molecule has 0 aromatic carbocycles. The first-order valence-electron chi connectivity index (χ1n) is 4.92. The summed E-state index contributed by atoms with van der Waals surface area (Å²) in [6, 6.07) is 0. The summed E-state index contributed by atoms with van der Waals surface area (Å²) < 4.78 is 4.58. The van der Waals surface area contributed by atoms with Crippen LogP contribution in [0.5, 0.6) is 0 Å². The Morgan fingerprint density at radius 1 is 1.46 bits per heavy atom. The van der Waals surface area contributed by atoms with Gasteiger partial charge in [0.2, 0.25) is 0 Å². The van der Waals surface area contributed by atoms with Gasteiger partial charge in [-0.2, -0.15) is 0 Å². The Morgan fingerprint density at radius 2 is 2.15 bits per heavy atom. The van der Waals surface area contributed by atoms with E-state index in [2.05, 4.69) is 11.7 Å². The number of carbonyl (C=O) groups is 2. The summed E-state index contributed by atoms with van der Waals surface area (Å²) in [4.78, 5) is 22.3. The van der Waals surface area contributed by atoms with Gasteiger partial charge in [0, 0.05) is 0 Å². The lowest BCUT2D eigenvalue weighted by Crippen LogP contribution is -2.39. The third-order valence-electron chi connectivity index (χ3n) is 3.66. The van der Waals surface area contributed by atoms with Crippen molar-refractivity contribution in [3.63, 3.8) is 0 Å². The fourth-order valence-corrected chi connectivity index (χ4v) is 2.52. The molecule has 2 rings (SSSR count). The minimum atomic E-state index is -0.338. The fourth-order valence-electron chi connectivity index (χ4n) is 2.52. The lowest BCUT2D eigenvalue weighted by molar-refractivity contribution is -0.155. The number of esters is 2. The van der Waals surface area contributed by atoms with Crippen molar-refractivity contribution < 1.29 is 14.3 Å². The molecule has 2 aliphatic rings. The van der Waals surface area contributed by atoms with Crippen LogP contribution in [0.4, 0.5) is 0 Å². The van der Waals surface area contributed by atoms with E-state index in [0.717, 1.165) is 19.3 Å². The van der Waals surface area contributed by atoms with Crippen LogP contribution in [0.25, 0.3) is 0 Å². The largest absolute Gasteiger partial charge is 0.393 e. The van der Waals surface area contributed by atoms with E-state index in [4.69, 9.17) is 0 Å². The maximum atomic E-state index is 11.3. The summed E-state index contributed by atoms with van der Waals surface area (Å²) in [5.74, 6) is -0.764. The van der Waals surface area contributed by atoms with E-state index in [-0.39, 0.29) is 23.3 Å². The van der Waals surface area contributed by atoms with Gasteiger partial charge in [-0.15, -0.1) is 0 Å². The van der Waals surface area contributed by atoms with Gasteiger partial charge in [0.05, 0.1) is 12.3 Å². The molecule has 0 radical (unpaired) electrons. The maximum Gasteiger partial charge on any atom is 0.317 e. The highest BCUT2D eigenvalue weighted by atomic mass is 16.6. The van der Waals surface area contributed by atoms with E-state index in [1.807, 2.05) is 0 Å². The molecule has 3 nitrogen and oxygen atoms in total. The average Bonchev–Trinajstić information content (AvgIpc) is 2.30. The average molecular weight is 182 g/mol. The van der Waals surface area contributed by atoms with E-state index in [1.54, 1.807) is 0 Å². The molecule has 0 N–H and O–H groups in total. The SMILES string of the molecule is CCC1(C2CC(=O)OC2=O)CCC1. The second kappa shape index (κ2) is 2.82. The van der Waals surface area contributed by atoms with Crippen LogP contribution in [0, 0.1) is 11.3 Å². The number of carbonyl (C=O) groups excluding carboxylic acids is 2. The topological polar surface area (TPSA) is 43.4 Å². The molecule has 13 heavy (non-hydrogen) atoms. The Kier molecular flexibility index (Phi) is 1.90. The lowest BCUT2D eigenvalue weighted by atomic mass is 9.59. The van der Waals surface area contributed by atoms with E-state index in [9.17, 15) is 9.59 Å². The molecule has 1 aliphatic carbocycles. The summed E-state index contributed by atoms with van der Waals surface area (Å²) >= 11 is 0. The van der Waals surface area contributed by atoms with E-state index in [1.165, 1.54) is 6.42 Å². The smallest absolute Gasteiger partial charge is 0.317 e. The molecule has 1 atom stereocenters. The molecule has 2 fully saturated rings. The first kappa shape index (κ1) is 8.73. The fraction of sp³-hybridized carbons (Fsp3) is 0.800. The summed E-state index contributed by atoms with van der Waals surface area (Å²) in [6.07, 6.45) is 4.64. The predicted octanol–water partition coefficient (Wildman–Crippen LogP) is 1.66. The molecule has 0 spiro atoms. The zero-order valence-corrected chi connectivity index (χ0v) is 7.84. The Labute approximate surface area is 77.4 Å². The summed E-state index contributed by atoms with van der Waals surface area (Å²) in [5, 5.41) is 0. The van der Waals surface area contributed by atoms with Crippen molar-refractivity contribution in [2.24, 2.45) is 11.3 Å². The van der Waals surface area contributed by atoms with Crippen LogP contribution in [0.1, 0.15) is 39.0 Å². The number of ether oxygens (including phenoxy) is 1. The molecule has 3 heteroatoms. The van der Waals surface area contributed by atoms with E-state index in [0.29, 0.717) is 6.42 Å². The first-order chi connectivity index (χ1) is 6.18. The normalized spacial score (nSPS) is 31.3. The third-order valence-corrected chi connectivity index (χ3v) is 3.66. The van der Waals surface area contributed by atoms with Crippen molar-refractivity contribution in [1.29, 1.82) is 0 Å². The van der Waals surface area contributed by atoms with Gasteiger partial charge in [0.1, 0.15) is 0 Å². The van der Waals surface area contributed by atoms with Gasteiger partial charge in [-0.05, 0) is 24.7 Å². The molecule has 0 aromatic heterocycles. The number of hydrogen-bond acceptors (Lipinski definition) is 3. The number of rotatable bonds is 2. The molecule has 1 saturated carbocycles. The van der Waals surface area contributed by atoms with Crippen molar-refractivity contribution in [3.05, 3.63) is 0 Å². The van der Waals surface area contributed by atoms with Crippen molar-refractivity contribution >= 4 is 11.9 Å². The predicted molar refractivity (Wildman–Crippen MR) is 45.8 cm³/mol. The van der Waals surface area contributed by atoms with Gasteiger partial charge in [0.25, 0.3) is 0 Å². The molecular formula is C10H14O3. The summed E-state index contributed by atoms with van der Waals surface area (Å²) in [6.45, 7) is 2.09. The molecular weight excluding hydrogens is 168 g/mol. The van der Waals surface area contributed by atoms with Crippen molar-refractivity contribution in [3.8, 4) is 0 Å². The van der Waals surface area contributed by atoms with Gasteiger partial charge < -0.3 is 4.74 Å². The zero-order chi connectivity index (χ0) is 9.47. The van der Waals surface area contributed by atoms with Gasteiger partial charge in [-0.1, -0.05) is 13.3 Å². The first-order valence-corrected chi connectivity index (χ1v) is 4.92. The Hall–Kier alpha value is -0.860. The molecule has 0 bridgehead atoms. The van der Waals surface area contributed by atoms with E-state index < -0.39 is 0 Å². The quantitative estimate of drug-likeness (QED) is 0.482. The molecule has 0 aromatic rings. The monoisotopic (exact) mass is 182 g/mol. The highest BCUT2D eigenvalue weighted by Crippen LogP contribution is 2.52. The second-order valence-electron chi connectivity index (χ2n) is 4.12. The van der Waals surface area contributed by atoms with Crippen LogP contribution in [0.2, 0.25) is 0 Å². The van der Waals surface area contributed by atoms with Crippen LogP contribution in [-0.2, 0) is 14.3 Å². The molecule has 1 aliphatic heterocycles. The highest BCUT2D eigenvalue weighted by molar-refractivity contribution is 5.95. The third kappa shape index (κ3) is 1.18. The van der Waals surface area contributed by atoms with Gasteiger partial charge >= 0.3 is 11.9 Å². The molecule has 1 heterocycles. The van der Waals surface area contributed by atoms with Gasteiger partial charge in [-0.25, -0.2) is 0 Å². The molecule has 0 amide bonds.